The smallest absolute Gasteiger partial charge is 0.272 e. The molecule has 2 aromatic heterocycles. The first-order valence-corrected chi connectivity index (χ1v) is 9.60. The average molecular weight is 367 g/mol. The van der Waals surface area contributed by atoms with Gasteiger partial charge in [0.05, 0.1) is 12.1 Å². The van der Waals surface area contributed by atoms with Crippen molar-refractivity contribution in [3.63, 3.8) is 0 Å². The van der Waals surface area contributed by atoms with Gasteiger partial charge in [0.25, 0.3) is 5.91 Å². The zero-order chi connectivity index (χ0) is 18.8. The maximum absolute atomic E-state index is 12.5. The molecule has 0 radical (unpaired) electrons. The molecule has 0 unspecified atom stereocenters. The van der Waals surface area contributed by atoms with Crippen LogP contribution in [0.25, 0.3) is 0 Å². The third-order valence-electron chi connectivity index (χ3n) is 5.47. The number of pyridine rings is 1. The summed E-state index contributed by atoms with van der Waals surface area (Å²) in [6.07, 6.45) is 5.20. The molecule has 4 rings (SSSR count). The Morgan fingerprint density at radius 2 is 2.11 bits per heavy atom. The summed E-state index contributed by atoms with van der Waals surface area (Å²) in [6.45, 7) is 2.80. The van der Waals surface area contributed by atoms with Crippen LogP contribution in [0.1, 0.15) is 53.5 Å². The minimum absolute atomic E-state index is 0.146. The van der Waals surface area contributed by atoms with Gasteiger partial charge in [-0.2, -0.15) is 0 Å². The predicted molar refractivity (Wildman–Crippen MR) is 102 cm³/mol. The van der Waals surface area contributed by atoms with Gasteiger partial charge in [-0.1, -0.05) is 12.5 Å². The van der Waals surface area contributed by atoms with E-state index in [9.17, 15) is 9.90 Å². The molecule has 0 aromatic carbocycles. The number of aryl methyl sites for hydroxylation is 1. The standard InChI is InChI=1S/C20H25N5O2/c1-13-11-17(14-5-4-6-14)24-20(22-13)23-15-8-10-25(12-18(15)26)19(27)16-7-2-3-9-21-16/h2-3,7,9,11,14-15,18,26H,4-6,8,10,12H2,1H3,(H,22,23,24)/t15-,18-/m1/s1. The van der Waals surface area contributed by atoms with Crippen LogP contribution in [0.3, 0.4) is 0 Å². The molecular weight excluding hydrogens is 342 g/mol. The molecular formula is C20H25N5O2. The number of nitrogens with zero attached hydrogens (tertiary/aromatic N) is 4. The molecule has 2 atom stereocenters. The van der Waals surface area contributed by atoms with E-state index >= 15 is 0 Å². The monoisotopic (exact) mass is 367 g/mol. The first kappa shape index (κ1) is 17.9. The highest BCUT2D eigenvalue weighted by Gasteiger charge is 2.31. The summed E-state index contributed by atoms with van der Waals surface area (Å²) in [6, 6.07) is 7.15. The average Bonchev–Trinajstić information content (AvgIpc) is 2.62. The number of nitrogens with one attached hydrogen (secondary N) is 1. The molecule has 3 heterocycles. The second-order valence-corrected chi connectivity index (χ2v) is 7.46. The Hall–Kier alpha value is -2.54. The highest BCUT2D eigenvalue weighted by Crippen LogP contribution is 2.35. The Balaban J connectivity index is 1.40. The van der Waals surface area contributed by atoms with Gasteiger partial charge in [0.2, 0.25) is 5.95 Å². The molecule has 2 aliphatic rings. The van der Waals surface area contributed by atoms with Gasteiger partial charge in [-0.25, -0.2) is 9.97 Å². The minimum atomic E-state index is -0.678. The fourth-order valence-corrected chi connectivity index (χ4v) is 3.67. The van der Waals surface area contributed by atoms with Crippen molar-refractivity contribution in [1.82, 2.24) is 19.9 Å². The number of amides is 1. The zero-order valence-electron chi connectivity index (χ0n) is 15.5. The Bertz CT molecular complexity index is 809. The van der Waals surface area contributed by atoms with Crippen molar-refractivity contribution in [2.24, 2.45) is 0 Å². The number of hydrogen-bond donors (Lipinski definition) is 2. The number of aliphatic hydroxyl groups excluding tert-OH is 1. The quantitative estimate of drug-likeness (QED) is 0.860. The number of likely N-dealkylation sites (tertiary alicyclic amines) is 1. The summed E-state index contributed by atoms with van der Waals surface area (Å²) in [5, 5.41) is 13.9. The predicted octanol–water partition coefficient (Wildman–Crippen LogP) is 2.14. The van der Waals surface area contributed by atoms with Crippen LogP contribution in [0.15, 0.2) is 30.5 Å². The SMILES string of the molecule is Cc1cc(C2CCC2)nc(N[C@@H]2CCN(C(=O)c3ccccn3)C[C@H]2O)n1. The number of β-amino-alcohol motifs (C(OH)–C–C–N with tert-alkyl or cyclic N) is 1. The topological polar surface area (TPSA) is 91.2 Å². The molecule has 0 bridgehead atoms. The lowest BCUT2D eigenvalue weighted by Crippen LogP contribution is -2.52. The normalized spacial score (nSPS) is 23.0. The van der Waals surface area contributed by atoms with E-state index < -0.39 is 6.10 Å². The molecule has 2 aromatic rings. The number of anilines is 1. The van der Waals surface area contributed by atoms with Gasteiger partial charge < -0.3 is 15.3 Å². The lowest BCUT2D eigenvalue weighted by atomic mass is 9.83. The third-order valence-corrected chi connectivity index (χ3v) is 5.47. The second kappa shape index (κ2) is 7.60. The lowest BCUT2D eigenvalue weighted by Gasteiger charge is -2.36. The van der Waals surface area contributed by atoms with E-state index in [1.54, 1.807) is 29.3 Å². The maximum Gasteiger partial charge on any atom is 0.272 e. The summed E-state index contributed by atoms with van der Waals surface area (Å²) in [5.74, 6) is 0.965. The van der Waals surface area contributed by atoms with Crippen molar-refractivity contribution in [3.8, 4) is 0 Å². The molecule has 1 aliphatic heterocycles. The number of carbonyl (C=O) groups is 1. The molecule has 142 valence electrons. The van der Waals surface area contributed by atoms with Crippen LogP contribution < -0.4 is 5.32 Å². The van der Waals surface area contributed by atoms with Crippen molar-refractivity contribution >= 4 is 11.9 Å². The molecule has 2 N–H and O–H groups in total. The van der Waals surface area contributed by atoms with Crippen LogP contribution in [0.5, 0.6) is 0 Å². The second-order valence-electron chi connectivity index (χ2n) is 7.46. The summed E-state index contributed by atoms with van der Waals surface area (Å²) in [7, 11) is 0. The molecule has 2 fully saturated rings. The van der Waals surface area contributed by atoms with Crippen LogP contribution in [-0.4, -0.2) is 56.1 Å². The van der Waals surface area contributed by atoms with Gasteiger partial charge in [0.15, 0.2) is 0 Å². The molecule has 7 nitrogen and oxygen atoms in total. The van der Waals surface area contributed by atoms with Crippen LogP contribution in [0.4, 0.5) is 5.95 Å². The number of carbonyl (C=O) groups excluding carboxylic acids is 1. The van der Waals surface area contributed by atoms with Crippen LogP contribution in [0, 0.1) is 6.92 Å². The first-order chi connectivity index (χ1) is 13.1. The molecule has 1 amide bonds. The Morgan fingerprint density at radius 3 is 2.78 bits per heavy atom. The fraction of sp³-hybridized carbons (Fsp3) is 0.500. The van der Waals surface area contributed by atoms with E-state index in [1.807, 2.05) is 6.92 Å². The van der Waals surface area contributed by atoms with Gasteiger partial charge in [-0.15, -0.1) is 0 Å². The van der Waals surface area contributed by atoms with Crippen molar-refractivity contribution in [3.05, 3.63) is 47.5 Å². The van der Waals surface area contributed by atoms with E-state index in [1.165, 1.54) is 19.3 Å². The van der Waals surface area contributed by atoms with Gasteiger partial charge in [0.1, 0.15) is 5.69 Å². The highest BCUT2D eigenvalue weighted by molar-refractivity contribution is 5.92. The Labute approximate surface area is 158 Å². The van der Waals surface area contributed by atoms with Crippen LogP contribution >= 0.6 is 0 Å². The van der Waals surface area contributed by atoms with Gasteiger partial charge in [-0.05, 0) is 44.4 Å². The van der Waals surface area contributed by atoms with Crippen LogP contribution in [0.2, 0.25) is 0 Å². The molecule has 27 heavy (non-hydrogen) atoms. The van der Waals surface area contributed by atoms with E-state index in [-0.39, 0.29) is 18.5 Å². The van der Waals surface area contributed by atoms with Crippen molar-refractivity contribution in [2.75, 3.05) is 18.4 Å². The van der Waals surface area contributed by atoms with E-state index in [0.717, 1.165) is 11.4 Å². The zero-order valence-corrected chi connectivity index (χ0v) is 15.5. The van der Waals surface area contributed by atoms with Gasteiger partial charge in [-0.3, -0.25) is 9.78 Å². The number of rotatable bonds is 4. The fourth-order valence-electron chi connectivity index (χ4n) is 3.67. The molecule has 1 saturated carbocycles. The van der Waals surface area contributed by atoms with Crippen LogP contribution in [-0.2, 0) is 0 Å². The third kappa shape index (κ3) is 3.93. The number of hydrogen-bond acceptors (Lipinski definition) is 6. The molecule has 7 heteroatoms. The molecule has 1 aliphatic carbocycles. The van der Waals surface area contributed by atoms with E-state index in [2.05, 4.69) is 26.3 Å². The summed E-state index contributed by atoms with van der Waals surface area (Å²) < 4.78 is 0. The maximum atomic E-state index is 12.5. The number of aromatic nitrogens is 3. The minimum Gasteiger partial charge on any atom is -0.389 e. The van der Waals surface area contributed by atoms with Crippen molar-refractivity contribution in [2.45, 2.75) is 50.7 Å². The summed E-state index contributed by atoms with van der Waals surface area (Å²) >= 11 is 0. The highest BCUT2D eigenvalue weighted by atomic mass is 16.3. The number of aliphatic hydroxyl groups is 1. The largest absolute Gasteiger partial charge is 0.389 e. The first-order valence-electron chi connectivity index (χ1n) is 9.60. The van der Waals surface area contributed by atoms with E-state index in [0.29, 0.717) is 30.5 Å². The number of piperidine rings is 1. The molecule has 1 saturated heterocycles. The van der Waals surface area contributed by atoms with Crippen molar-refractivity contribution in [1.29, 1.82) is 0 Å². The Kier molecular flexibility index (Phi) is 5.03. The summed E-state index contributed by atoms with van der Waals surface area (Å²) in [4.78, 5) is 27.4. The molecule has 0 spiro atoms. The van der Waals surface area contributed by atoms with Gasteiger partial charge in [0, 0.05) is 36.6 Å². The Morgan fingerprint density at radius 1 is 1.26 bits per heavy atom. The van der Waals surface area contributed by atoms with E-state index in [4.69, 9.17) is 0 Å². The van der Waals surface area contributed by atoms with Crippen molar-refractivity contribution < 1.29 is 9.90 Å². The summed E-state index contributed by atoms with van der Waals surface area (Å²) in [5.41, 5.74) is 2.43. The lowest BCUT2D eigenvalue weighted by molar-refractivity contribution is 0.0421. The van der Waals surface area contributed by atoms with Gasteiger partial charge >= 0.3 is 0 Å².